The lowest BCUT2D eigenvalue weighted by Gasteiger charge is -2.19. The first-order chi connectivity index (χ1) is 5.92. The van der Waals surface area contributed by atoms with Gasteiger partial charge in [0.15, 0.2) is 0 Å². The summed E-state index contributed by atoms with van der Waals surface area (Å²) in [4.78, 5) is 0. The van der Waals surface area contributed by atoms with Crippen LogP contribution >= 0.6 is 0 Å². The molecule has 1 aliphatic rings. The molecule has 0 spiro atoms. The topological polar surface area (TPSA) is 12.0 Å². The van der Waals surface area contributed by atoms with Crippen molar-refractivity contribution in [2.45, 2.75) is 26.3 Å². The zero-order valence-corrected chi connectivity index (χ0v) is 7.56. The first-order valence-electron chi connectivity index (χ1n) is 4.72. The minimum atomic E-state index is 0. The van der Waals surface area contributed by atoms with Gasteiger partial charge in [-0.2, -0.15) is 0 Å². The predicted molar refractivity (Wildman–Crippen MR) is 53.3 cm³/mol. The Morgan fingerprint density at radius 3 is 3.25 bits per heavy atom. The van der Waals surface area contributed by atoms with Gasteiger partial charge in [0.25, 0.3) is 0 Å². The molecule has 0 unspecified atom stereocenters. The molecule has 0 bridgehead atoms. The van der Waals surface area contributed by atoms with Crippen molar-refractivity contribution in [1.29, 1.82) is 0 Å². The van der Waals surface area contributed by atoms with Crippen molar-refractivity contribution >= 4 is 0 Å². The van der Waals surface area contributed by atoms with Crippen molar-refractivity contribution in [2.75, 3.05) is 6.54 Å². The summed E-state index contributed by atoms with van der Waals surface area (Å²) in [6, 6.07) is 6.66. The first kappa shape index (κ1) is 7.81. The van der Waals surface area contributed by atoms with Crippen molar-refractivity contribution in [3.63, 3.8) is 0 Å². The second-order valence-electron chi connectivity index (χ2n) is 3.34. The highest BCUT2D eigenvalue weighted by molar-refractivity contribution is 5.36. The summed E-state index contributed by atoms with van der Waals surface area (Å²) in [6.07, 6.45) is 2.38. The molecule has 66 valence electrons. The first-order valence-corrected chi connectivity index (χ1v) is 4.72. The minimum absolute atomic E-state index is 0. The van der Waals surface area contributed by atoms with Gasteiger partial charge in [-0.15, -0.1) is 0 Å². The van der Waals surface area contributed by atoms with Crippen LogP contribution in [0.25, 0.3) is 0 Å². The second-order valence-corrected chi connectivity index (χ2v) is 3.34. The van der Waals surface area contributed by atoms with Crippen LogP contribution in [0.15, 0.2) is 18.2 Å². The highest BCUT2D eigenvalue weighted by Crippen LogP contribution is 2.18. The van der Waals surface area contributed by atoms with E-state index in [1.165, 1.54) is 24.0 Å². The molecule has 0 amide bonds. The largest absolute Gasteiger partial charge is 0.312 e. The average Bonchev–Trinajstić information content (AvgIpc) is 2.17. The molecule has 0 saturated carbocycles. The maximum absolute atomic E-state index is 3.39. The van der Waals surface area contributed by atoms with Crippen LogP contribution in [-0.2, 0) is 19.4 Å². The van der Waals surface area contributed by atoms with Gasteiger partial charge in [-0.25, -0.2) is 0 Å². The Morgan fingerprint density at radius 1 is 1.50 bits per heavy atom. The van der Waals surface area contributed by atoms with E-state index in [1.807, 2.05) is 0 Å². The van der Waals surface area contributed by atoms with Crippen molar-refractivity contribution in [1.82, 2.24) is 5.32 Å². The summed E-state index contributed by atoms with van der Waals surface area (Å²) in [6.45, 7) is 4.44. The van der Waals surface area contributed by atoms with E-state index >= 15 is 0 Å². The van der Waals surface area contributed by atoms with Gasteiger partial charge in [-0.05, 0) is 36.1 Å². The van der Waals surface area contributed by atoms with Crippen LogP contribution in [0.2, 0.25) is 0 Å². The number of fused-ring (bicyclic) bond motifs is 1. The SMILES string of the molecule is CCc1cccc2c1CCNC2.[HH]. The molecular formula is C11H17N. The Balaban J connectivity index is 0.000000845. The number of hydrogen-bond acceptors (Lipinski definition) is 1. The molecule has 12 heavy (non-hydrogen) atoms. The molecule has 0 aromatic heterocycles. The van der Waals surface area contributed by atoms with Crippen molar-refractivity contribution in [2.24, 2.45) is 0 Å². The van der Waals surface area contributed by atoms with E-state index in [2.05, 4.69) is 30.4 Å². The number of benzene rings is 1. The fraction of sp³-hybridized carbons (Fsp3) is 0.455. The van der Waals surface area contributed by atoms with Gasteiger partial charge in [0.1, 0.15) is 0 Å². The molecule has 1 nitrogen and oxygen atoms in total. The van der Waals surface area contributed by atoms with Crippen LogP contribution in [0.3, 0.4) is 0 Å². The molecule has 0 atom stereocenters. The Labute approximate surface area is 75.3 Å². The monoisotopic (exact) mass is 163 g/mol. The van der Waals surface area contributed by atoms with E-state index in [-0.39, 0.29) is 1.43 Å². The van der Waals surface area contributed by atoms with Gasteiger partial charge in [0.2, 0.25) is 0 Å². The van der Waals surface area contributed by atoms with Crippen molar-refractivity contribution in [3.05, 3.63) is 34.9 Å². The van der Waals surface area contributed by atoms with Crippen LogP contribution < -0.4 is 5.32 Å². The third-order valence-corrected chi connectivity index (χ3v) is 2.62. The zero-order chi connectivity index (χ0) is 8.39. The summed E-state index contributed by atoms with van der Waals surface area (Å²) in [5, 5.41) is 3.39. The van der Waals surface area contributed by atoms with E-state index in [9.17, 15) is 0 Å². The maximum atomic E-state index is 3.39. The number of nitrogens with one attached hydrogen (secondary N) is 1. The Hall–Kier alpha value is -0.820. The Kier molecular flexibility index (Phi) is 2.13. The zero-order valence-electron chi connectivity index (χ0n) is 7.56. The molecule has 0 radical (unpaired) electrons. The second kappa shape index (κ2) is 3.28. The van der Waals surface area contributed by atoms with Crippen molar-refractivity contribution < 1.29 is 1.43 Å². The molecule has 0 saturated heterocycles. The lowest BCUT2D eigenvalue weighted by Crippen LogP contribution is -2.24. The summed E-state index contributed by atoms with van der Waals surface area (Å²) in [5.74, 6) is 0. The highest BCUT2D eigenvalue weighted by Gasteiger charge is 2.10. The fourth-order valence-electron chi connectivity index (χ4n) is 1.94. The average molecular weight is 163 g/mol. The molecule has 2 rings (SSSR count). The number of aryl methyl sites for hydroxylation is 1. The summed E-state index contributed by atoms with van der Waals surface area (Å²) in [7, 11) is 0. The molecule has 1 aromatic carbocycles. The van der Waals surface area contributed by atoms with Crippen LogP contribution in [-0.4, -0.2) is 6.54 Å². The van der Waals surface area contributed by atoms with E-state index in [1.54, 1.807) is 5.56 Å². The van der Waals surface area contributed by atoms with Gasteiger partial charge in [0, 0.05) is 7.97 Å². The summed E-state index contributed by atoms with van der Waals surface area (Å²) >= 11 is 0. The smallest absolute Gasteiger partial charge is 0.0208 e. The van der Waals surface area contributed by atoms with E-state index < -0.39 is 0 Å². The fourth-order valence-corrected chi connectivity index (χ4v) is 1.94. The van der Waals surface area contributed by atoms with Crippen LogP contribution in [0.1, 0.15) is 25.0 Å². The lowest BCUT2D eigenvalue weighted by atomic mass is 9.94. The van der Waals surface area contributed by atoms with E-state index in [0.29, 0.717) is 0 Å². The molecule has 1 aromatic rings. The maximum Gasteiger partial charge on any atom is 0.0208 e. The van der Waals surface area contributed by atoms with Gasteiger partial charge >= 0.3 is 0 Å². The molecule has 1 aliphatic heterocycles. The summed E-state index contributed by atoms with van der Waals surface area (Å²) < 4.78 is 0. The minimum Gasteiger partial charge on any atom is -0.312 e. The highest BCUT2D eigenvalue weighted by atomic mass is 14.9. The summed E-state index contributed by atoms with van der Waals surface area (Å²) in [5.41, 5.74) is 4.63. The van der Waals surface area contributed by atoms with Gasteiger partial charge in [-0.3, -0.25) is 0 Å². The molecule has 1 heterocycles. The Bertz CT molecular complexity index is 269. The van der Waals surface area contributed by atoms with Crippen LogP contribution in [0.4, 0.5) is 0 Å². The quantitative estimate of drug-likeness (QED) is 0.669. The van der Waals surface area contributed by atoms with E-state index in [4.69, 9.17) is 0 Å². The van der Waals surface area contributed by atoms with Crippen LogP contribution in [0.5, 0.6) is 0 Å². The normalized spacial score (nSPS) is 15.8. The molecule has 0 fully saturated rings. The molecular weight excluding hydrogens is 146 g/mol. The molecule has 1 heteroatoms. The Morgan fingerprint density at radius 2 is 2.42 bits per heavy atom. The van der Waals surface area contributed by atoms with Gasteiger partial charge in [-0.1, -0.05) is 25.1 Å². The third kappa shape index (κ3) is 1.25. The number of rotatable bonds is 1. The lowest BCUT2D eigenvalue weighted by molar-refractivity contribution is 0.639. The predicted octanol–water partition coefficient (Wildman–Crippen LogP) is 2.14. The van der Waals surface area contributed by atoms with Crippen LogP contribution in [0, 0.1) is 0 Å². The standard InChI is InChI=1S/C11H15N.H2/c1-2-9-4-3-5-10-8-12-7-6-11(9)10;/h3-5,12H,2,6-8H2,1H3;1H. The van der Waals surface area contributed by atoms with E-state index in [0.717, 1.165) is 13.1 Å². The number of hydrogen-bond donors (Lipinski definition) is 1. The molecule has 1 N–H and O–H groups in total. The van der Waals surface area contributed by atoms with Crippen molar-refractivity contribution in [3.8, 4) is 0 Å². The van der Waals surface area contributed by atoms with Gasteiger partial charge < -0.3 is 5.32 Å². The molecule has 0 aliphatic carbocycles. The van der Waals surface area contributed by atoms with Gasteiger partial charge in [0.05, 0.1) is 0 Å². The third-order valence-electron chi connectivity index (χ3n) is 2.62.